The van der Waals surface area contributed by atoms with Crippen LogP contribution in [0.15, 0.2) is 72.9 Å². The number of hydrogen-bond acceptors (Lipinski definition) is 6. The maximum Gasteiger partial charge on any atom is 0.322 e. The summed E-state index contributed by atoms with van der Waals surface area (Å²) in [6.45, 7) is 0.706. The average Bonchev–Trinajstić information content (AvgIpc) is 3.58. The molecule has 5 rings (SSSR count). The third-order valence-corrected chi connectivity index (χ3v) is 6.33. The normalized spacial score (nSPS) is 14.8. The van der Waals surface area contributed by atoms with Gasteiger partial charge < -0.3 is 26.0 Å². The Morgan fingerprint density at radius 1 is 1.08 bits per heavy atom. The molecule has 37 heavy (non-hydrogen) atoms. The SMILES string of the molecule is COc1cc(Nc2[nH]nc(-c3ccc(NC(=O)N4CCCC4c4ccccc4)cc3)c2C(N)=O)ccn1. The quantitative estimate of drug-likeness (QED) is 0.292. The molecule has 0 radical (unpaired) electrons. The average molecular weight is 498 g/mol. The number of methoxy groups -OCH3 is 1. The first kappa shape index (κ1) is 23.9. The molecule has 1 unspecified atom stereocenters. The number of H-pyrrole nitrogens is 1. The molecule has 1 aliphatic rings. The van der Waals surface area contributed by atoms with Gasteiger partial charge in [-0.3, -0.25) is 9.89 Å². The summed E-state index contributed by atoms with van der Waals surface area (Å²) in [7, 11) is 1.52. The fraction of sp³-hybridized carbons (Fsp3) is 0.185. The molecule has 0 saturated carbocycles. The maximum absolute atomic E-state index is 13.0. The van der Waals surface area contributed by atoms with Gasteiger partial charge in [0.05, 0.1) is 13.2 Å². The molecule has 1 fully saturated rings. The Hall–Kier alpha value is -4.86. The van der Waals surface area contributed by atoms with Gasteiger partial charge in [0, 0.05) is 35.7 Å². The van der Waals surface area contributed by atoms with E-state index >= 15 is 0 Å². The number of nitrogens with two attached hydrogens (primary N) is 1. The Kier molecular flexibility index (Phi) is 6.71. The lowest BCUT2D eigenvalue weighted by molar-refractivity contribution is 0.100. The Morgan fingerprint density at radius 3 is 2.59 bits per heavy atom. The van der Waals surface area contributed by atoms with Gasteiger partial charge in [0.15, 0.2) is 0 Å². The van der Waals surface area contributed by atoms with Crippen LogP contribution in [0.2, 0.25) is 0 Å². The molecule has 0 bridgehead atoms. The summed E-state index contributed by atoms with van der Waals surface area (Å²) in [5.74, 6) is 0.145. The van der Waals surface area contributed by atoms with Crippen LogP contribution in [0.5, 0.6) is 5.88 Å². The molecule has 10 heteroatoms. The van der Waals surface area contributed by atoms with Gasteiger partial charge in [-0.1, -0.05) is 42.5 Å². The van der Waals surface area contributed by atoms with Crippen LogP contribution in [0.4, 0.5) is 22.0 Å². The van der Waals surface area contributed by atoms with Crippen molar-refractivity contribution in [3.63, 3.8) is 0 Å². The third-order valence-electron chi connectivity index (χ3n) is 6.33. The van der Waals surface area contributed by atoms with Crippen LogP contribution in [0.1, 0.15) is 34.8 Å². The lowest BCUT2D eigenvalue weighted by Gasteiger charge is -2.25. The van der Waals surface area contributed by atoms with E-state index in [0.717, 1.165) is 18.4 Å². The number of carbonyl (C=O) groups is 2. The van der Waals surface area contributed by atoms with Crippen LogP contribution in [0.3, 0.4) is 0 Å². The number of urea groups is 1. The Bertz CT molecular complexity index is 1400. The van der Waals surface area contributed by atoms with Crippen molar-refractivity contribution in [3.8, 4) is 17.1 Å². The number of ether oxygens (including phenoxy) is 1. The van der Waals surface area contributed by atoms with Crippen LogP contribution < -0.4 is 21.1 Å². The minimum Gasteiger partial charge on any atom is -0.481 e. The zero-order valence-electron chi connectivity index (χ0n) is 20.3. The molecular weight excluding hydrogens is 470 g/mol. The molecular formula is C27H27N7O3. The summed E-state index contributed by atoms with van der Waals surface area (Å²) in [5, 5.41) is 13.2. The molecule has 5 N–H and O–H groups in total. The van der Waals surface area contributed by atoms with Gasteiger partial charge >= 0.3 is 6.03 Å². The highest BCUT2D eigenvalue weighted by Gasteiger charge is 2.30. The van der Waals surface area contributed by atoms with Crippen LogP contribution in [-0.4, -0.2) is 45.7 Å². The number of hydrogen-bond donors (Lipinski definition) is 4. The summed E-state index contributed by atoms with van der Waals surface area (Å²) in [6.07, 6.45) is 3.48. The summed E-state index contributed by atoms with van der Waals surface area (Å²) in [4.78, 5) is 31.3. The number of pyridine rings is 1. The first-order chi connectivity index (χ1) is 18.0. The van der Waals surface area contributed by atoms with Crippen LogP contribution in [0, 0.1) is 0 Å². The van der Waals surface area contributed by atoms with Crippen molar-refractivity contribution in [2.45, 2.75) is 18.9 Å². The smallest absolute Gasteiger partial charge is 0.322 e. The molecule has 1 aliphatic heterocycles. The predicted octanol–water partition coefficient (Wildman–Crippen LogP) is 4.69. The number of aromatic nitrogens is 3. The number of nitrogens with one attached hydrogen (secondary N) is 3. The van der Waals surface area contributed by atoms with Gasteiger partial charge in [-0.15, -0.1) is 0 Å². The molecule has 3 amide bonds. The number of nitrogens with zero attached hydrogens (tertiary/aromatic N) is 3. The second kappa shape index (κ2) is 10.4. The maximum atomic E-state index is 13.0. The molecule has 4 aromatic rings. The van der Waals surface area contributed by atoms with Crippen molar-refractivity contribution in [2.75, 3.05) is 24.3 Å². The molecule has 1 atom stereocenters. The van der Waals surface area contributed by atoms with Crippen LogP contribution in [0.25, 0.3) is 11.3 Å². The number of rotatable bonds is 7. The van der Waals surface area contributed by atoms with Crippen LogP contribution in [-0.2, 0) is 0 Å². The fourth-order valence-electron chi connectivity index (χ4n) is 4.56. The second-order valence-corrected chi connectivity index (χ2v) is 8.67. The summed E-state index contributed by atoms with van der Waals surface area (Å²) < 4.78 is 5.14. The van der Waals surface area contributed by atoms with Gasteiger partial charge in [-0.25, -0.2) is 9.78 Å². The second-order valence-electron chi connectivity index (χ2n) is 8.67. The van der Waals surface area contributed by atoms with E-state index in [2.05, 4.69) is 37.9 Å². The zero-order valence-corrected chi connectivity index (χ0v) is 20.3. The molecule has 2 aromatic heterocycles. The highest BCUT2D eigenvalue weighted by Crippen LogP contribution is 2.33. The topological polar surface area (TPSA) is 138 Å². The lowest BCUT2D eigenvalue weighted by Crippen LogP contribution is -2.34. The van der Waals surface area contributed by atoms with E-state index in [1.165, 1.54) is 7.11 Å². The largest absolute Gasteiger partial charge is 0.481 e. The Balaban J connectivity index is 1.32. The van der Waals surface area contributed by atoms with Crippen molar-refractivity contribution in [3.05, 3.63) is 84.1 Å². The van der Waals surface area contributed by atoms with Gasteiger partial charge in [0.2, 0.25) is 5.88 Å². The van der Waals surface area contributed by atoms with Crippen LogP contribution >= 0.6 is 0 Å². The monoisotopic (exact) mass is 497 g/mol. The van der Waals surface area contributed by atoms with E-state index in [-0.39, 0.29) is 17.6 Å². The number of carbonyl (C=O) groups excluding carboxylic acids is 2. The predicted molar refractivity (Wildman–Crippen MR) is 141 cm³/mol. The van der Waals surface area contributed by atoms with Gasteiger partial charge in [0.25, 0.3) is 5.91 Å². The molecule has 0 spiro atoms. The van der Waals surface area contributed by atoms with Crippen molar-refractivity contribution in [1.29, 1.82) is 0 Å². The van der Waals surface area contributed by atoms with E-state index in [1.807, 2.05) is 23.1 Å². The number of primary amides is 1. The summed E-state index contributed by atoms with van der Waals surface area (Å²) >= 11 is 0. The number of likely N-dealkylation sites (tertiary alicyclic amines) is 1. The first-order valence-corrected chi connectivity index (χ1v) is 11.9. The summed E-state index contributed by atoms with van der Waals surface area (Å²) in [6, 6.07) is 20.5. The van der Waals surface area contributed by atoms with Crippen molar-refractivity contribution >= 4 is 29.1 Å². The fourth-order valence-corrected chi connectivity index (χ4v) is 4.56. The zero-order chi connectivity index (χ0) is 25.8. The van der Waals surface area contributed by atoms with Gasteiger partial charge in [0.1, 0.15) is 17.1 Å². The molecule has 188 valence electrons. The number of anilines is 3. The van der Waals surface area contributed by atoms with Crippen molar-refractivity contribution < 1.29 is 14.3 Å². The van der Waals surface area contributed by atoms with Gasteiger partial charge in [-0.2, -0.15) is 5.10 Å². The van der Waals surface area contributed by atoms with Crippen molar-refractivity contribution in [1.82, 2.24) is 20.1 Å². The molecule has 3 heterocycles. The minimum atomic E-state index is -0.634. The van der Waals surface area contributed by atoms with Gasteiger partial charge in [-0.05, 0) is 36.6 Å². The standard InChI is InChI=1S/C27H27N7O3/c1-37-22-16-20(13-14-29-22)30-26-23(25(28)35)24(32-33-26)18-9-11-19(12-10-18)31-27(36)34-15-5-8-21(34)17-6-3-2-4-7-17/h2-4,6-7,9-14,16,21H,5,8,15H2,1H3,(H2,28,35)(H,31,36)(H2,29,30,32,33). The highest BCUT2D eigenvalue weighted by atomic mass is 16.5. The molecule has 2 aromatic carbocycles. The Morgan fingerprint density at radius 2 is 1.86 bits per heavy atom. The van der Waals surface area contributed by atoms with E-state index < -0.39 is 5.91 Å². The highest BCUT2D eigenvalue weighted by molar-refractivity contribution is 6.04. The van der Waals surface area contributed by atoms with E-state index in [9.17, 15) is 9.59 Å². The molecule has 1 saturated heterocycles. The lowest BCUT2D eigenvalue weighted by atomic mass is 10.1. The summed E-state index contributed by atoms with van der Waals surface area (Å²) in [5.41, 5.74) is 9.42. The number of aromatic amines is 1. The first-order valence-electron chi connectivity index (χ1n) is 11.9. The third kappa shape index (κ3) is 5.08. The molecule has 0 aliphatic carbocycles. The van der Waals surface area contributed by atoms with E-state index in [1.54, 1.807) is 42.6 Å². The number of benzene rings is 2. The van der Waals surface area contributed by atoms with Crippen molar-refractivity contribution in [2.24, 2.45) is 5.73 Å². The van der Waals surface area contributed by atoms with E-state index in [0.29, 0.717) is 40.9 Å². The number of amides is 3. The van der Waals surface area contributed by atoms with E-state index in [4.69, 9.17) is 10.5 Å². The Labute approximate surface area is 213 Å². The molecule has 10 nitrogen and oxygen atoms in total. The minimum absolute atomic E-state index is 0.0638.